The molecule has 0 aromatic carbocycles. The van der Waals surface area contributed by atoms with E-state index in [0.717, 1.165) is 24.5 Å². The Morgan fingerprint density at radius 3 is 2.67 bits per heavy atom. The molecule has 0 aliphatic carbocycles. The molecule has 2 heterocycles. The van der Waals surface area contributed by atoms with Crippen molar-refractivity contribution in [1.29, 1.82) is 0 Å². The summed E-state index contributed by atoms with van der Waals surface area (Å²) in [5.74, 6) is 0.114. The highest BCUT2D eigenvalue weighted by molar-refractivity contribution is 7.15. The van der Waals surface area contributed by atoms with Crippen molar-refractivity contribution in [2.75, 3.05) is 18.4 Å². The molecule has 1 aliphatic heterocycles. The highest BCUT2D eigenvalue weighted by atomic mass is 35.5. The van der Waals surface area contributed by atoms with Gasteiger partial charge in [-0.15, -0.1) is 22.6 Å². The zero-order valence-electron chi connectivity index (χ0n) is 10.8. The summed E-state index contributed by atoms with van der Waals surface area (Å²) < 4.78 is 0. The van der Waals surface area contributed by atoms with Gasteiger partial charge < -0.3 is 10.6 Å². The van der Waals surface area contributed by atoms with Crippen molar-refractivity contribution in [3.63, 3.8) is 0 Å². The number of rotatable bonds is 2. The van der Waals surface area contributed by atoms with E-state index < -0.39 is 0 Å². The van der Waals surface area contributed by atoms with Crippen molar-refractivity contribution in [3.8, 4) is 0 Å². The summed E-state index contributed by atoms with van der Waals surface area (Å²) in [4.78, 5) is 11.9. The van der Waals surface area contributed by atoms with Crippen LogP contribution in [0.5, 0.6) is 0 Å². The molecule has 2 rings (SSSR count). The molecule has 1 aromatic heterocycles. The number of anilines is 1. The first kappa shape index (κ1) is 15.3. The van der Waals surface area contributed by atoms with E-state index in [0.29, 0.717) is 5.13 Å². The van der Waals surface area contributed by atoms with Crippen molar-refractivity contribution in [1.82, 2.24) is 15.5 Å². The summed E-state index contributed by atoms with van der Waals surface area (Å²) in [6.07, 6.45) is 0.900. The molecule has 18 heavy (non-hydrogen) atoms. The molecule has 102 valence electrons. The Labute approximate surface area is 117 Å². The summed E-state index contributed by atoms with van der Waals surface area (Å²) in [5.41, 5.74) is -0.0183. The van der Waals surface area contributed by atoms with Gasteiger partial charge in [-0.1, -0.05) is 32.1 Å². The number of amides is 1. The van der Waals surface area contributed by atoms with Gasteiger partial charge in [-0.25, -0.2) is 0 Å². The smallest absolute Gasteiger partial charge is 0.230 e. The minimum atomic E-state index is -0.0183. The normalized spacial score (nSPS) is 19.4. The molecule has 0 bridgehead atoms. The Kier molecular flexibility index (Phi) is 5.07. The molecule has 0 radical (unpaired) electrons. The second-order valence-corrected chi connectivity index (χ2v) is 6.32. The number of halogens is 1. The SMILES string of the molecule is CC(C)(C)c1nnc(NC(=O)C2CCNC2)s1.Cl. The van der Waals surface area contributed by atoms with Crippen molar-refractivity contribution >= 4 is 34.8 Å². The van der Waals surface area contributed by atoms with Crippen LogP contribution >= 0.6 is 23.7 Å². The lowest BCUT2D eigenvalue weighted by Crippen LogP contribution is -2.24. The minimum absolute atomic E-state index is 0. The van der Waals surface area contributed by atoms with Gasteiger partial charge in [-0.2, -0.15) is 0 Å². The van der Waals surface area contributed by atoms with Gasteiger partial charge in [0.2, 0.25) is 11.0 Å². The first-order valence-corrected chi connectivity index (χ1v) is 6.64. The fraction of sp³-hybridized carbons (Fsp3) is 0.727. The highest BCUT2D eigenvalue weighted by Crippen LogP contribution is 2.28. The fourth-order valence-corrected chi connectivity index (χ4v) is 2.47. The lowest BCUT2D eigenvalue weighted by molar-refractivity contribution is -0.119. The van der Waals surface area contributed by atoms with Crippen LogP contribution in [0.25, 0.3) is 0 Å². The Hall–Kier alpha value is -0.720. The quantitative estimate of drug-likeness (QED) is 0.872. The monoisotopic (exact) mass is 290 g/mol. The Morgan fingerprint density at radius 2 is 2.17 bits per heavy atom. The molecule has 0 saturated carbocycles. The minimum Gasteiger partial charge on any atom is -0.316 e. The van der Waals surface area contributed by atoms with Gasteiger partial charge in [0.15, 0.2) is 0 Å². The Bertz CT molecular complexity index is 409. The van der Waals surface area contributed by atoms with Gasteiger partial charge in [-0.3, -0.25) is 4.79 Å². The van der Waals surface area contributed by atoms with E-state index in [9.17, 15) is 4.79 Å². The maximum Gasteiger partial charge on any atom is 0.230 e. The third kappa shape index (κ3) is 3.63. The number of nitrogens with one attached hydrogen (secondary N) is 2. The van der Waals surface area contributed by atoms with E-state index in [4.69, 9.17) is 0 Å². The Morgan fingerprint density at radius 1 is 1.44 bits per heavy atom. The topological polar surface area (TPSA) is 66.9 Å². The highest BCUT2D eigenvalue weighted by Gasteiger charge is 2.24. The van der Waals surface area contributed by atoms with Gasteiger partial charge in [0, 0.05) is 12.0 Å². The summed E-state index contributed by atoms with van der Waals surface area (Å²) in [6, 6.07) is 0. The molecular formula is C11H19ClN4OS. The van der Waals surface area contributed by atoms with Gasteiger partial charge in [-0.05, 0) is 13.0 Å². The molecule has 1 aromatic rings. The van der Waals surface area contributed by atoms with Gasteiger partial charge >= 0.3 is 0 Å². The number of nitrogens with zero attached hydrogens (tertiary/aromatic N) is 2. The number of carbonyl (C=O) groups is 1. The van der Waals surface area contributed by atoms with Crippen LogP contribution in [0.4, 0.5) is 5.13 Å². The lowest BCUT2D eigenvalue weighted by Gasteiger charge is -2.12. The predicted octanol–water partition coefficient (Wildman–Crippen LogP) is 1.81. The third-order valence-electron chi connectivity index (χ3n) is 2.73. The van der Waals surface area contributed by atoms with Crippen LogP contribution in [-0.2, 0) is 10.2 Å². The summed E-state index contributed by atoms with van der Waals surface area (Å²) in [6.45, 7) is 7.93. The molecule has 0 spiro atoms. The summed E-state index contributed by atoms with van der Waals surface area (Å²) in [5, 5.41) is 15.7. The first-order chi connectivity index (χ1) is 7.97. The van der Waals surface area contributed by atoms with Crippen LogP contribution in [0.3, 0.4) is 0 Å². The predicted molar refractivity (Wildman–Crippen MR) is 75.5 cm³/mol. The zero-order chi connectivity index (χ0) is 12.5. The van der Waals surface area contributed by atoms with Crippen molar-refractivity contribution in [2.45, 2.75) is 32.6 Å². The molecule has 1 atom stereocenters. The molecule has 5 nitrogen and oxygen atoms in total. The van der Waals surface area contributed by atoms with E-state index in [-0.39, 0.29) is 29.6 Å². The van der Waals surface area contributed by atoms with Crippen molar-refractivity contribution in [2.24, 2.45) is 5.92 Å². The average Bonchev–Trinajstić information content (AvgIpc) is 2.85. The van der Waals surface area contributed by atoms with Crippen LogP contribution in [0.1, 0.15) is 32.2 Å². The standard InChI is InChI=1S/C11H18N4OS.ClH/c1-11(2,3)9-14-15-10(17-9)13-8(16)7-4-5-12-6-7;/h7,12H,4-6H2,1-3H3,(H,13,15,16);1H. The molecule has 2 N–H and O–H groups in total. The van der Waals surface area contributed by atoms with Crippen molar-refractivity contribution < 1.29 is 4.79 Å². The summed E-state index contributed by atoms with van der Waals surface area (Å²) >= 11 is 1.45. The molecule has 1 amide bonds. The number of carbonyl (C=O) groups excluding carboxylic acids is 1. The molecule has 1 aliphatic rings. The molecule has 1 saturated heterocycles. The number of hydrogen-bond acceptors (Lipinski definition) is 5. The van der Waals surface area contributed by atoms with E-state index in [1.165, 1.54) is 11.3 Å². The number of hydrogen-bond donors (Lipinski definition) is 2. The van der Waals surface area contributed by atoms with Gasteiger partial charge in [0.1, 0.15) is 5.01 Å². The number of aromatic nitrogens is 2. The van der Waals surface area contributed by atoms with Crippen LogP contribution in [0.2, 0.25) is 0 Å². The third-order valence-corrected chi connectivity index (χ3v) is 3.99. The van der Waals surface area contributed by atoms with E-state index in [1.54, 1.807) is 0 Å². The fourth-order valence-electron chi connectivity index (χ4n) is 1.66. The van der Waals surface area contributed by atoms with Crippen LogP contribution in [0, 0.1) is 5.92 Å². The van der Waals surface area contributed by atoms with Crippen LogP contribution in [0.15, 0.2) is 0 Å². The second kappa shape index (κ2) is 5.95. The molecule has 1 unspecified atom stereocenters. The van der Waals surface area contributed by atoms with Gasteiger partial charge in [0.05, 0.1) is 5.92 Å². The largest absolute Gasteiger partial charge is 0.316 e. The van der Waals surface area contributed by atoms with Crippen molar-refractivity contribution in [3.05, 3.63) is 5.01 Å². The molecule has 7 heteroatoms. The maximum atomic E-state index is 11.9. The lowest BCUT2D eigenvalue weighted by atomic mass is 9.98. The molecular weight excluding hydrogens is 272 g/mol. The summed E-state index contributed by atoms with van der Waals surface area (Å²) in [7, 11) is 0. The maximum absolute atomic E-state index is 11.9. The zero-order valence-corrected chi connectivity index (χ0v) is 12.5. The Balaban J connectivity index is 0.00000162. The average molecular weight is 291 g/mol. The van der Waals surface area contributed by atoms with E-state index in [1.807, 2.05) is 0 Å². The van der Waals surface area contributed by atoms with E-state index >= 15 is 0 Å². The first-order valence-electron chi connectivity index (χ1n) is 5.82. The molecule has 1 fully saturated rings. The second-order valence-electron chi connectivity index (χ2n) is 5.34. The van der Waals surface area contributed by atoms with Crippen LogP contribution in [-0.4, -0.2) is 29.2 Å². The van der Waals surface area contributed by atoms with Gasteiger partial charge in [0.25, 0.3) is 0 Å². The van der Waals surface area contributed by atoms with Crippen LogP contribution < -0.4 is 10.6 Å². The van der Waals surface area contributed by atoms with E-state index in [2.05, 4.69) is 41.6 Å².